The monoisotopic (exact) mass is 209 g/mol. The Morgan fingerprint density at radius 3 is 2.60 bits per heavy atom. The quantitative estimate of drug-likeness (QED) is 0.511. The Morgan fingerprint density at radius 2 is 2.00 bits per heavy atom. The van der Waals surface area contributed by atoms with Gasteiger partial charge in [0.25, 0.3) is 0 Å². The van der Waals surface area contributed by atoms with Crippen LogP contribution in [-0.4, -0.2) is 38.3 Å². The van der Waals surface area contributed by atoms with E-state index in [1.165, 1.54) is 32.1 Å². The fourth-order valence-corrected chi connectivity index (χ4v) is 2.55. The van der Waals surface area contributed by atoms with Gasteiger partial charge in [0.1, 0.15) is 0 Å². The molecule has 86 valence electrons. The van der Waals surface area contributed by atoms with Crippen LogP contribution in [0.25, 0.3) is 0 Å². The van der Waals surface area contributed by atoms with Gasteiger partial charge in [0, 0.05) is 12.0 Å². The van der Waals surface area contributed by atoms with Gasteiger partial charge in [-0.2, -0.15) is 0 Å². The number of rotatable bonds is 2. The highest BCUT2D eigenvalue weighted by Crippen LogP contribution is 2.27. The van der Waals surface area contributed by atoms with Crippen LogP contribution in [0.5, 0.6) is 0 Å². The maximum absolute atomic E-state index is 5.21. The van der Waals surface area contributed by atoms with Crippen molar-refractivity contribution in [3.05, 3.63) is 11.6 Å². The number of nitrogens with zero attached hydrogens (tertiary/aromatic N) is 1. The van der Waals surface area contributed by atoms with Gasteiger partial charge in [-0.1, -0.05) is 11.6 Å². The molecular weight excluding hydrogens is 186 g/mol. The number of hydrogen-bond acceptors (Lipinski definition) is 2. The molecule has 2 heteroatoms. The molecule has 2 rings (SSSR count). The normalized spacial score (nSPS) is 31.7. The fraction of sp³-hybridized carbons (Fsp3) is 0.846. The second kappa shape index (κ2) is 5.13. The smallest absolute Gasteiger partial charge is 0.0551 e. The molecule has 0 aromatic carbocycles. The molecule has 0 spiro atoms. The molecule has 2 fully saturated rings. The average molecular weight is 209 g/mol. The van der Waals surface area contributed by atoms with Crippen molar-refractivity contribution in [1.82, 2.24) is 4.90 Å². The fourth-order valence-electron chi connectivity index (χ4n) is 2.55. The summed E-state index contributed by atoms with van der Waals surface area (Å²) in [6, 6.07) is 0.800. The Morgan fingerprint density at radius 1 is 1.20 bits per heavy atom. The molecule has 1 saturated heterocycles. The molecule has 0 aromatic heterocycles. The Labute approximate surface area is 93.3 Å². The SMILES string of the molecule is CN(C)C1CCC/C(=C/C2COC2)CC1. The number of hydrogen-bond donors (Lipinski definition) is 0. The van der Waals surface area contributed by atoms with E-state index in [0.717, 1.165) is 25.2 Å². The van der Waals surface area contributed by atoms with Gasteiger partial charge < -0.3 is 9.64 Å². The lowest BCUT2D eigenvalue weighted by molar-refractivity contribution is -0.00816. The van der Waals surface area contributed by atoms with E-state index < -0.39 is 0 Å². The molecule has 1 aliphatic carbocycles. The van der Waals surface area contributed by atoms with Crippen molar-refractivity contribution in [1.29, 1.82) is 0 Å². The lowest BCUT2D eigenvalue weighted by Gasteiger charge is -2.24. The van der Waals surface area contributed by atoms with Crippen molar-refractivity contribution in [2.45, 2.75) is 38.1 Å². The lowest BCUT2D eigenvalue weighted by Crippen LogP contribution is -2.27. The first-order chi connectivity index (χ1) is 7.25. The molecule has 0 bridgehead atoms. The summed E-state index contributed by atoms with van der Waals surface area (Å²) in [6.45, 7) is 1.92. The first-order valence-corrected chi connectivity index (χ1v) is 6.19. The van der Waals surface area contributed by atoms with Crippen LogP contribution in [0, 0.1) is 5.92 Å². The minimum atomic E-state index is 0.732. The molecule has 1 aliphatic heterocycles. The van der Waals surface area contributed by atoms with Gasteiger partial charge in [0.05, 0.1) is 13.2 Å². The second-order valence-electron chi connectivity index (χ2n) is 5.17. The Balaban J connectivity index is 1.86. The van der Waals surface area contributed by atoms with Crippen molar-refractivity contribution in [3.63, 3.8) is 0 Å². The van der Waals surface area contributed by atoms with E-state index in [9.17, 15) is 0 Å². The minimum Gasteiger partial charge on any atom is -0.380 e. The van der Waals surface area contributed by atoms with Crippen LogP contribution in [0.2, 0.25) is 0 Å². The van der Waals surface area contributed by atoms with E-state index in [4.69, 9.17) is 4.74 Å². The van der Waals surface area contributed by atoms with E-state index >= 15 is 0 Å². The zero-order valence-electron chi connectivity index (χ0n) is 10.0. The predicted molar refractivity (Wildman–Crippen MR) is 63.0 cm³/mol. The third-order valence-corrected chi connectivity index (χ3v) is 3.70. The van der Waals surface area contributed by atoms with Gasteiger partial charge in [0.2, 0.25) is 0 Å². The Hall–Kier alpha value is -0.340. The molecule has 0 radical (unpaired) electrons. The number of ether oxygens (including phenoxy) is 1. The topological polar surface area (TPSA) is 12.5 Å². The molecule has 1 saturated carbocycles. The summed E-state index contributed by atoms with van der Waals surface area (Å²) in [5.74, 6) is 0.732. The molecule has 0 N–H and O–H groups in total. The first-order valence-electron chi connectivity index (χ1n) is 6.19. The summed E-state index contributed by atoms with van der Waals surface area (Å²) in [7, 11) is 4.41. The van der Waals surface area contributed by atoms with Gasteiger partial charge in [-0.3, -0.25) is 0 Å². The molecule has 1 unspecified atom stereocenters. The molecule has 15 heavy (non-hydrogen) atoms. The zero-order chi connectivity index (χ0) is 10.7. The molecular formula is C13H23NO. The standard InChI is InChI=1S/C13H23NO/c1-14(2)13-5-3-4-11(6-7-13)8-12-9-15-10-12/h8,12-13H,3-7,9-10H2,1-2H3/b11-8-. The Kier molecular flexibility index (Phi) is 3.81. The van der Waals surface area contributed by atoms with Crippen LogP contribution in [0.15, 0.2) is 11.6 Å². The highest BCUT2D eigenvalue weighted by molar-refractivity contribution is 5.08. The highest BCUT2D eigenvalue weighted by Gasteiger charge is 2.19. The van der Waals surface area contributed by atoms with E-state index in [-0.39, 0.29) is 0 Å². The van der Waals surface area contributed by atoms with Crippen LogP contribution in [-0.2, 0) is 4.74 Å². The molecule has 2 nitrogen and oxygen atoms in total. The van der Waals surface area contributed by atoms with Crippen LogP contribution < -0.4 is 0 Å². The molecule has 1 heterocycles. The molecule has 0 aromatic rings. The van der Waals surface area contributed by atoms with Crippen molar-refractivity contribution >= 4 is 0 Å². The summed E-state index contributed by atoms with van der Waals surface area (Å²) in [5.41, 5.74) is 1.69. The summed E-state index contributed by atoms with van der Waals surface area (Å²) in [6.07, 6.45) is 9.18. The summed E-state index contributed by atoms with van der Waals surface area (Å²) in [4.78, 5) is 2.38. The van der Waals surface area contributed by atoms with Gasteiger partial charge in [-0.15, -0.1) is 0 Å². The van der Waals surface area contributed by atoms with Gasteiger partial charge in [-0.25, -0.2) is 0 Å². The van der Waals surface area contributed by atoms with Crippen LogP contribution in [0.3, 0.4) is 0 Å². The van der Waals surface area contributed by atoms with Crippen LogP contribution >= 0.6 is 0 Å². The lowest BCUT2D eigenvalue weighted by atomic mass is 9.99. The maximum Gasteiger partial charge on any atom is 0.0551 e. The van der Waals surface area contributed by atoms with E-state index in [1.807, 2.05) is 0 Å². The summed E-state index contributed by atoms with van der Waals surface area (Å²) in [5, 5.41) is 0. The van der Waals surface area contributed by atoms with E-state index in [1.54, 1.807) is 5.57 Å². The third kappa shape index (κ3) is 3.05. The van der Waals surface area contributed by atoms with Gasteiger partial charge in [0.15, 0.2) is 0 Å². The van der Waals surface area contributed by atoms with E-state index in [2.05, 4.69) is 25.1 Å². The molecule has 1 atom stereocenters. The van der Waals surface area contributed by atoms with E-state index in [0.29, 0.717) is 0 Å². The first kappa shape index (κ1) is 11.2. The third-order valence-electron chi connectivity index (χ3n) is 3.70. The minimum absolute atomic E-state index is 0.732. The largest absolute Gasteiger partial charge is 0.380 e. The Bertz CT molecular complexity index is 231. The van der Waals surface area contributed by atoms with Crippen molar-refractivity contribution in [3.8, 4) is 0 Å². The summed E-state index contributed by atoms with van der Waals surface area (Å²) >= 11 is 0. The van der Waals surface area contributed by atoms with Gasteiger partial charge in [-0.05, 0) is 46.2 Å². The van der Waals surface area contributed by atoms with Crippen LogP contribution in [0.1, 0.15) is 32.1 Å². The van der Waals surface area contributed by atoms with Gasteiger partial charge >= 0.3 is 0 Å². The molecule has 0 amide bonds. The predicted octanol–water partition coefficient (Wildman–Crippen LogP) is 2.45. The highest BCUT2D eigenvalue weighted by atomic mass is 16.5. The second-order valence-corrected chi connectivity index (χ2v) is 5.17. The number of allylic oxidation sites excluding steroid dienone is 1. The van der Waals surface area contributed by atoms with Crippen LogP contribution in [0.4, 0.5) is 0 Å². The van der Waals surface area contributed by atoms with Crippen molar-refractivity contribution < 1.29 is 4.74 Å². The average Bonchev–Trinajstić information content (AvgIpc) is 2.36. The zero-order valence-corrected chi connectivity index (χ0v) is 10.0. The maximum atomic E-state index is 5.21. The van der Waals surface area contributed by atoms with Crippen molar-refractivity contribution in [2.75, 3.05) is 27.3 Å². The molecule has 2 aliphatic rings. The summed E-state index contributed by atoms with van der Waals surface area (Å²) < 4.78 is 5.21. The van der Waals surface area contributed by atoms with Crippen molar-refractivity contribution in [2.24, 2.45) is 5.92 Å².